The molecule has 0 spiro atoms. The molecule has 0 bridgehead atoms. The summed E-state index contributed by atoms with van der Waals surface area (Å²) in [7, 11) is 3.64. The second-order valence-corrected chi connectivity index (χ2v) is 9.88. The Kier molecular flexibility index (Phi) is 7.10. The molecule has 0 aliphatic carbocycles. The van der Waals surface area contributed by atoms with E-state index in [9.17, 15) is 9.59 Å². The molecule has 2 heterocycles. The van der Waals surface area contributed by atoms with Crippen LogP contribution in [-0.4, -0.2) is 31.4 Å². The molecule has 0 aromatic carbocycles. The van der Waals surface area contributed by atoms with Crippen LogP contribution in [0.25, 0.3) is 0 Å². The van der Waals surface area contributed by atoms with E-state index in [0.717, 1.165) is 11.4 Å². The molecule has 8 nitrogen and oxygen atoms in total. The van der Waals surface area contributed by atoms with E-state index in [1.165, 1.54) is 0 Å². The van der Waals surface area contributed by atoms with Crippen molar-refractivity contribution in [3.63, 3.8) is 0 Å². The van der Waals surface area contributed by atoms with Crippen molar-refractivity contribution in [2.24, 2.45) is 14.1 Å². The maximum Gasteiger partial charge on any atom is 0.225 e. The number of carbonyl (C=O) groups is 2. The SMILES string of the molecule is Cn1nc(C(C)(C)C)cc1NC(=O)CCCCC(=O)Nc1cc(C(C)(C)C)nn1C. The molecule has 2 aromatic heterocycles. The second kappa shape index (κ2) is 9.02. The van der Waals surface area contributed by atoms with Gasteiger partial charge in [-0.2, -0.15) is 10.2 Å². The quantitative estimate of drug-likeness (QED) is 0.670. The van der Waals surface area contributed by atoms with E-state index in [1.807, 2.05) is 26.2 Å². The van der Waals surface area contributed by atoms with Gasteiger partial charge in [-0.3, -0.25) is 19.0 Å². The van der Waals surface area contributed by atoms with Gasteiger partial charge < -0.3 is 10.6 Å². The molecule has 0 atom stereocenters. The largest absolute Gasteiger partial charge is 0.311 e. The number of hydrogen-bond acceptors (Lipinski definition) is 4. The molecular formula is C22H36N6O2. The first kappa shape index (κ1) is 23.6. The normalized spacial score (nSPS) is 12.1. The van der Waals surface area contributed by atoms with E-state index in [0.29, 0.717) is 37.3 Å². The monoisotopic (exact) mass is 416 g/mol. The first-order valence-corrected chi connectivity index (χ1v) is 10.5. The topological polar surface area (TPSA) is 93.8 Å². The molecule has 8 heteroatoms. The summed E-state index contributed by atoms with van der Waals surface area (Å²) in [4.78, 5) is 24.5. The fourth-order valence-electron chi connectivity index (χ4n) is 2.88. The van der Waals surface area contributed by atoms with Gasteiger partial charge in [-0.1, -0.05) is 41.5 Å². The van der Waals surface area contributed by atoms with Crippen molar-refractivity contribution in [1.29, 1.82) is 0 Å². The summed E-state index contributed by atoms with van der Waals surface area (Å²) in [6.45, 7) is 12.5. The van der Waals surface area contributed by atoms with Gasteiger partial charge in [0.05, 0.1) is 11.4 Å². The van der Waals surface area contributed by atoms with Gasteiger partial charge in [0.15, 0.2) is 0 Å². The Labute approximate surface area is 179 Å². The number of carbonyl (C=O) groups excluding carboxylic acids is 2. The van der Waals surface area contributed by atoms with E-state index in [4.69, 9.17) is 0 Å². The minimum Gasteiger partial charge on any atom is -0.311 e. The third kappa shape index (κ3) is 6.43. The van der Waals surface area contributed by atoms with Crippen molar-refractivity contribution < 1.29 is 9.59 Å². The van der Waals surface area contributed by atoms with Crippen LogP contribution in [-0.2, 0) is 34.5 Å². The molecule has 0 saturated carbocycles. The fourth-order valence-corrected chi connectivity index (χ4v) is 2.88. The summed E-state index contributed by atoms with van der Waals surface area (Å²) in [5.41, 5.74) is 1.72. The molecule has 0 radical (unpaired) electrons. The number of nitrogens with zero attached hydrogens (tertiary/aromatic N) is 4. The number of hydrogen-bond donors (Lipinski definition) is 2. The number of aromatic nitrogens is 4. The van der Waals surface area contributed by atoms with Crippen molar-refractivity contribution in [3.05, 3.63) is 23.5 Å². The lowest BCUT2D eigenvalue weighted by molar-refractivity contribution is -0.118. The summed E-state index contributed by atoms with van der Waals surface area (Å²) in [5, 5.41) is 14.7. The van der Waals surface area contributed by atoms with Crippen LogP contribution in [0.3, 0.4) is 0 Å². The highest BCUT2D eigenvalue weighted by Crippen LogP contribution is 2.24. The van der Waals surface area contributed by atoms with E-state index in [2.05, 4.69) is 62.4 Å². The van der Waals surface area contributed by atoms with E-state index in [-0.39, 0.29) is 22.6 Å². The maximum absolute atomic E-state index is 12.2. The first-order valence-electron chi connectivity index (χ1n) is 10.5. The molecule has 0 fully saturated rings. The summed E-state index contributed by atoms with van der Waals surface area (Å²) in [6.07, 6.45) is 2.01. The third-order valence-electron chi connectivity index (χ3n) is 4.89. The lowest BCUT2D eigenvalue weighted by Gasteiger charge is -2.13. The smallest absolute Gasteiger partial charge is 0.225 e. The summed E-state index contributed by atoms with van der Waals surface area (Å²) in [6, 6.07) is 3.82. The van der Waals surface area contributed by atoms with Gasteiger partial charge in [-0.15, -0.1) is 0 Å². The Morgan fingerprint density at radius 1 is 0.767 bits per heavy atom. The first-order chi connectivity index (χ1) is 13.8. The Morgan fingerprint density at radius 2 is 1.10 bits per heavy atom. The van der Waals surface area contributed by atoms with E-state index < -0.39 is 0 Å². The Balaban J connectivity index is 1.76. The van der Waals surface area contributed by atoms with Crippen molar-refractivity contribution >= 4 is 23.5 Å². The second-order valence-electron chi connectivity index (χ2n) is 9.88. The van der Waals surface area contributed by atoms with E-state index >= 15 is 0 Å². The van der Waals surface area contributed by atoms with Crippen LogP contribution in [0, 0.1) is 0 Å². The minimum atomic E-state index is -0.0738. The Morgan fingerprint density at radius 3 is 1.37 bits per heavy atom. The van der Waals surface area contributed by atoms with Gasteiger partial charge in [0.25, 0.3) is 0 Å². The van der Waals surface area contributed by atoms with Crippen LogP contribution in [0.1, 0.15) is 78.6 Å². The molecule has 2 amide bonds. The number of nitrogens with one attached hydrogen (secondary N) is 2. The van der Waals surface area contributed by atoms with Crippen LogP contribution in [0.5, 0.6) is 0 Å². The highest BCUT2D eigenvalue weighted by molar-refractivity contribution is 5.91. The summed E-state index contributed by atoms with van der Waals surface area (Å²) >= 11 is 0. The molecule has 2 N–H and O–H groups in total. The van der Waals surface area contributed by atoms with E-state index in [1.54, 1.807) is 9.36 Å². The average Bonchev–Trinajstić information content (AvgIpc) is 3.15. The van der Waals surface area contributed by atoms with Crippen molar-refractivity contribution in [3.8, 4) is 0 Å². The summed E-state index contributed by atoms with van der Waals surface area (Å²) < 4.78 is 3.37. The zero-order chi connectivity index (χ0) is 22.7. The zero-order valence-electron chi connectivity index (χ0n) is 19.6. The standard InChI is InChI=1S/C22H36N6O2/c1-21(2,3)15-13-17(27(7)25-15)23-19(29)11-9-10-12-20(30)24-18-14-16(22(4,5)6)26-28(18)8/h13-14H,9-12H2,1-8H3,(H,23,29)(H,24,30). The molecule has 0 aliphatic rings. The maximum atomic E-state index is 12.2. The lowest BCUT2D eigenvalue weighted by Crippen LogP contribution is -2.15. The predicted octanol–water partition coefficient (Wildman–Crippen LogP) is 3.89. The molecule has 2 aromatic rings. The van der Waals surface area contributed by atoms with Gasteiger partial charge in [0.1, 0.15) is 11.6 Å². The molecule has 0 saturated heterocycles. The molecule has 30 heavy (non-hydrogen) atoms. The fraction of sp³-hybridized carbons (Fsp3) is 0.636. The van der Waals surface area contributed by atoms with Gasteiger partial charge in [0, 0.05) is 49.9 Å². The molecule has 166 valence electrons. The minimum absolute atomic E-state index is 0.0691. The third-order valence-corrected chi connectivity index (χ3v) is 4.89. The molecule has 0 aliphatic heterocycles. The van der Waals surface area contributed by atoms with Gasteiger partial charge in [-0.05, 0) is 12.8 Å². The Bertz CT molecular complexity index is 822. The van der Waals surface area contributed by atoms with Crippen LogP contribution in [0.2, 0.25) is 0 Å². The molecule has 2 rings (SSSR count). The molecule has 0 unspecified atom stereocenters. The van der Waals surface area contributed by atoms with Gasteiger partial charge in [0.2, 0.25) is 11.8 Å². The number of aryl methyl sites for hydroxylation is 2. The van der Waals surface area contributed by atoms with Crippen molar-refractivity contribution in [2.45, 2.75) is 78.1 Å². The van der Waals surface area contributed by atoms with Gasteiger partial charge in [-0.25, -0.2) is 0 Å². The number of amides is 2. The highest BCUT2D eigenvalue weighted by atomic mass is 16.2. The Hall–Kier alpha value is -2.64. The van der Waals surface area contributed by atoms with Crippen molar-refractivity contribution in [2.75, 3.05) is 10.6 Å². The number of anilines is 2. The van der Waals surface area contributed by atoms with Crippen molar-refractivity contribution in [1.82, 2.24) is 19.6 Å². The number of rotatable bonds is 7. The zero-order valence-corrected chi connectivity index (χ0v) is 19.6. The van der Waals surface area contributed by atoms with Gasteiger partial charge >= 0.3 is 0 Å². The number of unbranched alkanes of at least 4 members (excludes halogenated alkanes) is 1. The van der Waals surface area contributed by atoms with Crippen LogP contribution in [0.4, 0.5) is 11.6 Å². The average molecular weight is 417 g/mol. The summed E-state index contributed by atoms with van der Waals surface area (Å²) in [5.74, 6) is 1.24. The lowest BCUT2D eigenvalue weighted by atomic mass is 9.92. The molecular weight excluding hydrogens is 380 g/mol. The highest BCUT2D eigenvalue weighted by Gasteiger charge is 2.20. The van der Waals surface area contributed by atoms with Crippen LogP contribution < -0.4 is 10.6 Å². The van der Waals surface area contributed by atoms with Crippen LogP contribution >= 0.6 is 0 Å². The predicted molar refractivity (Wildman–Crippen MR) is 120 cm³/mol. The van der Waals surface area contributed by atoms with Crippen LogP contribution in [0.15, 0.2) is 12.1 Å².